The molecule has 1 N–H and O–H groups in total. The van der Waals surface area contributed by atoms with Crippen LogP contribution in [0.15, 0.2) is 71.1 Å². The highest BCUT2D eigenvalue weighted by Gasteiger charge is 2.51. The number of carboxylic acids is 1. The first kappa shape index (κ1) is 23.3. The van der Waals surface area contributed by atoms with E-state index in [-0.39, 0.29) is 34.5 Å². The van der Waals surface area contributed by atoms with Crippen molar-refractivity contribution >= 4 is 35.2 Å². The van der Waals surface area contributed by atoms with Gasteiger partial charge in [-0.15, -0.1) is 4.99 Å². The van der Waals surface area contributed by atoms with Gasteiger partial charge in [0.05, 0.1) is 13.7 Å². The van der Waals surface area contributed by atoms with Crippen LogP contribution < -0.4 is 19.6 Å². The molecule has 1 aliphatic heterocycles. The van der Waals surface area contributed by atoms with E-state index >= 15 is 0 Å². The molecule has 0 spiro atoms. The first-order valence-corrected chi connectivity index (χ1v) is 10.4. The van der Waals surface area contributed by atoms with E-state index in [2.05, 4.69) is 10.3 Å². The zero-order chi connectivity index (χ0) is 23.3. The number of halogens is 1. The number of carbonyl (C=O) groups excluding carboxylic acids is 2. The number of hydrogen-bond acceptors (Lipinski definition) is 6. The third kappa shape index (κ3) is 4.76. The molecular formula is C23H24ClN3O5. The van der Waals surface area contributed by atoms with Crippen LogP contribution >= 0.6 is 11.6 Å². The largest absolute Gasteiger partial charge is 0.540 e. The van der Waals surface area contributed by atoms with E-state index in [0.29, 0.717) is 23.0 Å². The molecule has 32 heavy (non-hydrogen) atoms. The van der Waals surface area contributed by atoms with Crippen molar-refractivity contribution < 1.29 is 24.2 Å². The number of quaternary nitrogens is 1. The maximum Gasteiger partial charge on any atom is 0.411 e. The number of hydrogen-bond donors (Lipinski definition) is 1. The fraction of sp³-hybridized carbons (Fsp3) is 0.261. The van der Waals surface area contributed by atoms with Gasteiger partial charge in [-0.25, -0.2) is 0 Å². The summed E-state index contributed by atoms with van der Waals surface area (Å²) in [4.78, 5) is 29.2. The van der Waals surface area contributed by atoms with Crippen molar-refractivity contribution in [3.8, 4) is 5.75 Å². The van der Waals surface area contributed by atoms with Crippen LogP contribution in [0.2, 0.25) is 5.02 Å². The van der Waals surface area contributed by atoms with Crippen LogP contribution in [0.4, 0.5) is 5.69 Å². The number of amidine groups is 1. The Kier molecular flexibility index (Phi) is 7.17. The van der Waals surface area contributed by atoms with Crippen molar-refractivity contribution in [2.24, 2.45) is 10.9 Å². The second-order valence-corrected chi connectivity index (χ2v) is 8.04. The molecule has 0 fully saturated rings. The Hall–Kier alpha value is -3.36. The average molecular weight is 458 g/mol. The lowest BCUT2D eigenvalue weighted by Crippen LogP contribution is -2.58. The van der Waals surface area contributed by atoms with Crippen LogP contribution in [0.3, 0.4) is 0 Å². The van der Waals surface area contributed by atoms with Crippen LogP contribution in [0, 0.1) is 5.92 Å². The van der Waals surface area contributed by atoms with Crippen molar-refractivity contribution in [3.63, 3.8) is 0 Å². The summed E-state index contributed by atoms with van der Waals surface area (Å²) in [5.74, 6) is -1.73. The Morgan fingerprint density at radius 2 is 1.88 bits per heavy atom. The topological polar surface area (TPSA) is 100 Å². The summed E-state index contributed by atoms with van der Waals surface area (Å²) in [6.45, 7) is 3.88. The van der Waals surface area contributed by atoms with Gasteiger partial charge in [0, 0.05) is 23.1 Å². The lowest BCUT2D eigenvalue weighted by molar-refractivity contribution is -0.300. The standard InChI is InChI=1S/C23H24ClN3O5/c1-15(2)13-27(17-9-5-4-6-10-17)20(22(29)30)21(26-23(27)31-3)25-19(28)14-32-18-11-7-8-16(24)12-18/h4-12,15H,13-14H2,1-3H3,(H-,25,28,29,30). The number of amides is 1. The average Bonchev–Trinajstić information content (AvgIpc) is 3.06. The van der Waals surface area contributed by atoms with Gasteiger partial charge in [-0.1, -0.05) is 49.7 Å². The minimum absolute atomic E-state index is 0.0612. The molecule has 2 aromatic carbocycles. The molecule has 1 aliphatic rings. The lowest BCUT2D eigenvalue weighted by Gasteiger charge is -2.35. The normalized spacial score (nSPS) is 17.8. The van der Waals surface area contributed by atoms with E-state index in [0.717, 1.165) is 0 Å². The minimum Gasteiger partial charge on any atom is -0.540 e. The molecule has 0 saturated carbocycles. The molecule has 168 valence electrons. The van der Waals surface area contributed by atoms with E-state index in [1.54, 1.807) is 48.5 Å². The maximum atomic E-state index is 12.6. The lowest BCUT2D eigenvalue weighted by atomic mass is 10.1. The van der Waals surface area contributed by atoms with E-state index < -0.39 is 11.9 Å². The summed E-state index contributed by atoms with van der Waals surface area (Å²) in [6.07, 6.45) is 0. The number of methoxy groups -OCH3 is 1. The molecule has 1 atom stereocenters. The fourth-order valence-corrected chi connectivity index (χ4v) is 3.85. The van der Waals surface area contributed by atoms with Crippen LogP contribution in [-0.2, 0) is 14.3 Å². The first-order valence-electron chi connectivity index (χ1n) is 9.99. The number of carboxylic acid groups (broad SMARTS) is 1. The van der Waals surface area contributed by atoms with E-state index in [9.17, 15) is 14.7 Å². The van der Waals surface area contributed by atoms with Crippen molar-refractivity contribution in [3.05, 3.63) is 71.1 Å². The molecule has 8 nitrogen and oxygen atoms in total. The molecule has 1 amide bonds. The molecule has 0 saturated heterocycles. The predicted molar refractivity (Wildman–Crippen MR) is 120 cm³/mol. The van der Waals surface area contributed by atoms with Crippen molar-refractivity contribution in [1.82, 2.24) is 9.80 Å². The van der Waals surface area contributed by atoms with Gasteiger partial charge in [0.1, 0.15) is 17.4 Å². The highest BCUT2D eigenvalue weighted by atomic mass is 35.5. The maximum absolute atomic E-state index is 12.6. The molecule has 0 radical (unpaired) electrons. The van der Waals surface area contributed by atoms with Gasteiger partial charge in [0.2, 0.25) is 11.5 Å². The van der Waals surface area contributed by atoms with Crippen molar-refractivity contribution in [2.75, 3.05) is 20.3 Å². The summed E-state index contributed by atoms with van der Waals surface area (Å²) >= 11 is 5.92. The number of aliphatic carboxylic acids is 1. The quantitative estimate of drug-likeness (QED) is 0.614. The molecule has 0 aliphatic carbocycles. The second-order valence-electron chi connectivity index (χ2n) is 7.60. The Morgan fingerprint density at radius 3 is 2.47 bits per heavy atom. The van der Waals surface area contributed by atoms with Crippen LogP contribution in [0.25, 0.3) is 0 Å². The Bertz CT molecular complexity index is 1070. The van der Waals surface area contributed by atoms with Gasteiger partial charge >= 0.3 is 6.02 Å². The third-order valence-electron chi connectivity index (χ3n) is 4.78. The first-order chi connectivity index (χ1) is 15.3. The Balaban J connectivity index is 1.97. The molecule has 2 aromatic rings. The summed E-state index contributed by atoms with van der Waals surface area (Å²) in [5.41, 5.74) is 0.415. The third-order valence-corrected chi connectivity index (χ3v) is 5.01. The van der Waals surface area contributed by atoms with E-state index in [4.69, 9.17) is 21.1 Å². The predicted octanol–water partition coefficient (Wildman–Crippen LogP) is 2.43. The summed E-state index contributed by atoms with van der Waals surface area (Å²) < 4.78 is 10.6. The van der Waals surface area contributed by atoms with Crippen molar-refractivity contribution in [1.29, 1.82) is 0 Å². The minimum atomic E-state index is -1.46. The Labute approximate surface area is 191 Å². The molecule has 0 aromatic heterocycles. The molecule has 0 bridgehead atoms. The number of carbonyl (C=O) groups is 2. The van der Waals surface area contributed by atoms with Crippen LogP contribution in [0.5, 0.6) is 5.75 Å². The highest BCUT2D eigenvalue weighted by molar-refractivity contribution is 6.30. The summed E-state index contributed by atoms with van der Waals surface area (Å²) in [7, 11) is 1.41. The van der Waals surface area contributed by atoms with Crippen LogP contribution in [-0.4, -0.2) is 38.2 Å². The number of ether oxygens (including phenoxy) is 2. The molecule has 1 heterocycles. The smallest absolute Gasteiger partial charge is 0.411 e. The highest BCUT2D eigenvalue weighted by Crippen LogP contribution is 2.37. The molecule has 3 rings (SSSR count). The van der Waals surface area contributed by atoms with Gasteiger partial charge in [0.25, 0.3) is 5.91 Å². The SMILES string of the molecule is COC1=NC(NC(=O)COc2cccc(Cl)c2)=C(C(=O)[O-])[N+]1(CC(C)C)c1ccccc1. The number of rotatable bonds is 8. The van der Waals surface area contributed by atoms with Gasteiger partial charge in [-0.3, -0.25) is 4.79 Å². The zero-order valence-electron chi connectivity index (χ0n) is 18.0. The number of para-hydroxylation sites is 1. The van der Waals surface area contributed by atoms with Gasteiger partial charge in [-0.2, -0.15) is 4.48 Å². The Morgan fingerprint density at radius 1 is 1.16 bits per heavy atom. The molecule has 9 heteroatoms. The summed E-state index contributed by atoms with van der Waals surface area (Å²) in [5, 5.41) is 15.3. The van der Waals surface area contributed by atoms with Crippen LogP contribution in [0.1, 0.15) is 13.8 Å². The zero-order valence-corrected chi connectivity index (χ0v) is 18.8. The monoisotopic (exact) mass is 457 g/mol. The van der Waals surface area contributed by atoms with E-state index in [1.807, 2.05) is 19.9 Å². The van der Waals surface area contributed by atoms with Gasteiger partial charge < -0.3 is 24.7 Å². The fourth-order valence-electron chi connectivity index (χ4n) is 3.67. The number of benzene rings is 2. The van der Waals surface area contributed by atoms with Crippen molar-refractivity contribution in [2.45, 2.75) is 13.8 Å². The van der Waals surface area contributed by atoms with Gasteiger partial charge in [0.15, 0.2) is 6.61 Å². The summed E-state index contributed by atoms with van der Waals surface area (Å²) in [6, 6.07) is 15.7. The second kappa shape index (κ2) is 9.84. The molecule has 1 unspecified atom stereocenters. The number of nitrogens with one attached hydrogen (secondary N) is 1. The van der Waals surface area contributed by atoms with E-state index in [1.165, 1.54) is 7.11 Å². The number of aliphatic imine (C=N–C) groups is 1. The van der Waals surface area contributed by atoms with Gasteiger partial charge in [-0.05, 0) is 18.2 Å². The molecular weight excluding hydrogens is 434 g/mol. The number of nitrogens with zero attached hydrogens (tertiary/aromatic N) is 2.